The maximum Gasteiger partial charge on any atom is 0.348 e. The fourth-order valence-corrected chi connectivity index (χ4v) is 4.52. The minimum atomic E-state index is -1.11. The predicted octanol–water partition coefficient (Wildman–Crippen LogP) is 6.72. The number of hydrogen-bond donors (Lipinski definition) is 2. The zero-order valence-electron chi connectivity index (χ0n) is 18.4. The maximum absolute atomic E-state index is 13.8. The van der Waals surface area contributed by atoms with Gasteiger partial charge in [0.25, 0.3) is 0 Å². The van der Waals surface area contributed by atoms with Crippen LogP contribution in [0.4, 0.5) is 4.39 Å². The predicted molar refractivity (Wildman–Crippen MR) is 130 cm³/mol. The van der Waals surface area contributed by atoms with Crippen molar-refractivity contribution in [3.8, 4) is 5.75 Å². The second-order valence-electron chi connectivity index (χ2n) is 8.43. The van der Waals surface area contributed by atoms with Crippen LogP contribution in [0.3, 0.4) is 0 Å². The topological polar surface area (TPSA) is 75.2 Å². The molecule has 0 spiro atoms. The maximum atomic E-state index is 13.8. The van der Waals surface area contributed by atoms with Crippen LogP contribution < -0.4 is 4.74 Å². The average molecular weight is 477 g/mol. The SMILES string of the molecule is CC/C(=C(/c1ccc(OC2(C(=O)O)CC2)cc1)c1ccc2[nH]ncc2c1)c1ccc(F)cc1Cl. The normalized spacial score (nSPS) is 15.1. The third kappa shape index (κ3) is 4.05. The van der Waals surface area contributed by atoms with E-state index in [-0.39, 0.29) is 5.82 Å². The monoisotopic (exact) mass is 476 g/mol. The van der Waals surface area contributed by atoms with Crippen LogP contribution in [0.15, 0.2) is 66.9 Å². The van der Waals surface area contributed by atoms with Crippen molar-refractivity contribution in [3.63, 3.8) is 0 Å². The van der Waals surface area contributed by atoms with Crippen LogP contribution in [-0.2, 0) is 4.79 Å². The van der Waals surface area contributed by atoms with Gasteiger partial charge in [-0.15, -0.1) is 0 Å². The van der Waals surface area contributed by atoms with E-state index in [1.807, 2.05) is 31.2 Å². The third-order valence-corrected chi connectivity index (χ3v) is 6.50. The van der Waals surface area contributed by atoms with Crippen molar-refractivity contribution < 1.29 is 19.0 Å². The van der Waals surface area contributed by atoms with Gasteiger partial charge in [-0.1, -0.05) is 42.8 Å². The molecule has 0 radical (unpaired) electrons. The lowest BCUT2D eigenvalue weighted by atomic mass is 9.87. The molecule has 5 rings (SSSR count). The third-order valence-electron chi connectivity index (χ3n) is 6.19. The Balaban J connectivity index is 1.65. The Kier molecular flexibility index (Phi) is 5.62. The number of aliphatic carboxylic acids is 1. The van der Waals surface area contributed by atoms with Gasteiger partial charge in [-0.2, -0.15) is 5.10 Å². The first-order valence-corrected chi connectivity index (χ1v) is 11.4. The number of carbonyl (C=O) groups is 1. The summed E-state index contributed by atoms with van der Waals surface area (Å²) in [7, 11) is 0. The number of hydrogen-bond acceptors (Lipinski definition) is 3. The molecule has 4 aromatic rings. The number of nitrogens with zero attached hydrogens (tertiary/aromatic N) is 1. The number of H-pyrrole nitrogens is 1. The van der Waals surface area contributed by atoms with E-state index in [2.05, 4.69) is 16.3 Å². The van der Waals surface area contributed by atoms with Crippen molar-refractivity contribution in [1.29, 1.82) is 0 Å². The number of benzene rings is 3. The molecule has 3 aromatic carbocycles. The molecule has 2 N–H and O–H groups in total. The summed E-state index contributed by atoms with van der Waals surface area (Å²) in [5.74, 6) is -0.824. The highest BCUT2D eigenvalue weighted by atomic mass is 35.5. The van der Waals surface area contributed by atoms with Crippen molar-refractivity contribution >= 4 is 39.6 Å². The van der Waals surface area contributed by atoms with E-state index in [0.29, 0.717) is 30.0 Å². The van der Waals surface area contributed by atoms with Gasteiger partial charge >= 0.3 is 5.97 Å². The summed E-state index contributed by atoms with van der Waals surface area (Å²) in [5.41, 5.74) is 4.36. The second-order valence-corrected chi connectivity index (χ2v) is 8.84. The lowest BCUT2D eigenvalue weighted by molar-refractivity contribution is -0.147. The van der Waals surface area contributed by atoms with Gasteiger partial charge in [0, 0.05) is 18.2 Å². The Morgan fingerprint density at radius 3 is 2.50 bits per heavy atom. The average Bonchev–Trinajstić information content (AvgIpc) is 3.46. The number of rotatable bonds is 7. The van der Waals surface area contributed by atoms with Gasteiger partial charge < -0.3 is 9.84 Å². The molecular formula is C27H22ClFN2O3. The van der Waals surface area contributed by atoms with Gasteiger partial charge in [0.05, 0.1) is 16.7 Å². The van der Waals surface area contributed by atoms with E-state index in [1.54, 1.807) is 24.4 Å². The largest absolute Gasteiger partial charge is 0.478 e. The number of aromatic nitrogens is 2. The Hall–Kier alpha value is -3.64. The lowest BCUT2D eigenvalue weighted by Crippen LogP contribution is -2.28. The van der Waals surface area contributed by atoms with Gasteiger partial charge in [-0.3, -0.25) is 5.10 Å². The summed E-state index contributed by atoms with van der Waals surface area (Å²) < 4.78 is 19.6. The Labute approximate surface area is 200 Å². The summed E-state index contributed by atoms with van der Waals surface area (Å²) in [6.45, 7) is 2.03. The van der Waals surface area contributed by atoms with Crippen molar-refractivity contribution in [2.75, 3.05) is 0 Å². The Bertz CT molecular complexity index is 1420. The van der Waals surface area contributed by atoms with Crippen LogP contribution in [0.2, 0.25) is 5.02 Å². The molecular weight excluding hydrogens is 455 g/mol. The van der Waals surface area contributed by atoms with Crippen LogP contribution in [-0.4, -0.2) is 26.9 Å². The molecule has 0 aliphatic heterocycles. The molecule has 0 unspecified atom stereocenters. The van der Waals surface area contributed by atoms with Crippen LogP contribution in [0.1, 0.15) is 42.9 Å². The zero-order chi connectivity index (χ0) is 23.9. The molecule has 1 saturated carbocycles. The van der Waals surface area contributed by atoms with E-state index in [9.17, 15) is 14.3 Å². The molecule has 1 heterocycles. The molecule has 0 amide bonds. The Morgan fingerprint density at radius 1 is 1.12 bits per heavy atom. The summed E-state index contributed by atoms with van der Waals surface area (Å²) >= 11 is 6.47. The van der Waals surface area contributed by atoms with Crippen LogP contribution in [0, 0.1) is 5.82 Å². The van der Waals surface area contributed by atoms with Crippen molar-refractivity contribution in [1.82, 2.24) is 10.2 Å². The van der Waals surface area contributed by atoms with Crippen LogP contribution in [0.5, 0.6) is 5.75 Å². The standard InChI is InChI=1S/C27H22ClFN2O3/c1-2-21(22-9-6-19(29)14-23(22)28)25(17-5-10-24-18(13-17)15-30-31-24)16-3-7-20(8-4-16)34-27(11-12-27)26(32)33/h3-10,13-15H,2,11-12H2,1H3,(H,30,31)(H,32,33)/b25-21+. The molecule has 1 aliphatic carbocycles. The van der Waals surface area contributed by atoms with Gasteiger partial charge in [0.15, 0.2) is 0 Å². The molecule has 1 aliphatic rings. The fourth-order valence-electron chi connectivity index (χ4n) is 4.24. The number of halogens is 2. The highest BCUT2D eigenvalue weighted by Gasteiger charge is 2.53. The number of ether oxygens (including phenoxy) is 1. The molecule has 0 saturated heterocycles. The highest BCUT2D eigenvalue weighted by molar-refractivity contribution is 6.32. The first-order chi connectivity index (χ1) is 16.4. The van der Waals surface area contributed by atoms with E-state index >= 15 is 0 Å². The van der Waals surface area contributed by atoms with Gasteiger partial charge in [0.1, 0.15) is 11.6 Å². The van der Waals surface area contributed by atoms with Crippen molar-refractivity contribution in [3.05, 3.63) is 94.4 Å². The minimum absolute atomic E-state index is 0.343. The number of allylic oxidation sites excluding steroid dienone is 1. The fraction of sp³-hybridized carbons (Fsp3) is 0.185. The number of carboxylic acid groups (broad SMARTS) is 1. The van der Waals surface area contributed by atoms with E-state index < -0.39 is 11.6 Å². The number of nitrogens with one attached hydrogen (secondary N) is 1. The first kappa shape index (κ1) is 22.2. The van der Waals surface area contributed by atoms with Gasteiger partial charge in [-0.05, 0) is 70.7 Å². The summed E-state index contributed by atoms with van der Waals surface area (Å²) in [4.78, 5) is 11.5. The minimum Gasteiger partial charge on any atom is -0.478 e. The number of aromatic amines is 1. The first-order valence-electron chi connectivity index (χ1n) is 11.0. The molecule has 1 aromatic heterocycles. The molecule has 7 heteroatoms. The summed E-state index contributed by atoms with van der Waals surface area (Å²) in [6, 6.07) is 17.9. The van der Waals surface area contributed by atoms with E-state index in [1.165, 1.54) is 12.1 Å². The summed E-state index contributed by atoms with van der Waals surface area (Å²) in [5, 5.41) is 17.8. The Morgan fingerprint density at radius 2 is 1.85 bits per heavy atom. The van der Waals surface area contributed by atoms with Crippen LogP contribution in [0.25, 0.3) is 22.0 Å². The number of fused-ring (bicyclic) bond motifs is 1. The van der Waals surface area contributed by atoms with Gasteiger partial charge in [-0.25, -0.2) is 9.18 Å². The molecule has 5 nitrogen and oxygen atoms in total. The van der Waals surface area contributed by atoms with E-state index in [0.717, 1.165) is 38.7 Å². The van der Waals surface area contributed by atoms with Crippen LogP contribution >= 0.6 is 11.6 Å². The molecule has 0 bridgehead atoms. The molecule has 34 heavy (non-hydrogen) atoms. The molecule has 0 atom stereocenters. The lowest BCUT2D eigenvalue weighted by Gasteiger charge is -2.18. The molecule has 172 valence electrons. The van der Waals surface area contributed by atoms with Gasteiger partial charge in [0.2, 0.25) is 5.60 Å². The highest BCUT2D eigenvalue weighted by Crippen LogP contribution is 2.42. The smallest absolute Gasteiger partial charge is 0.348 e. The van der Waals surface area contributed by atoms with Crippen molar-refractivity contribution in [2.24, 2.45) is 0 Å². The zero-order valence-corrected chi connectivity index (χ0v) is 19.2. The van der Waals surface area contributed by atoms with E-state index in [4.69, 9.17) is 16.3 Å². The van der Waals surface area contributed by atoms with Crippen molar-refractivity contribution in [2.45, 2.75) is 31.8 Å². The quantitative estimate of drug-likeness (QED) is 0.290. The molecule has 1 fully saturated rings. The summed E-state index contributed by atoms with van der Waals surface area (Å²) in [6.07, 6.45) is 3.43. The second kappa shape index (κ2) is 8.61. The number of carboxylic acids is 1.